The van der Waals surface area contributed by atoms with Gasteiger partial charge in [0.1, 0.15) is 0 Å². The average molecular weight is 222 g/mol. The molecule has 1 heterocycles. The first-order chi connectivity index (χ1) is 7.84. The van der Waals surface area contributed by atoms with Crippen LogP contribution < -0.4 is 5.32 Å². The topological polar surface area (TPSA) is 15.3 Å². The van der Waals surface area contributed by atoms with Gasteiger partial charge in [0.25, 0.3) is 0 Å². The molecule has 2 aliphatic rings. The number of hydrogen-bond donors (Lipinski definition) is 1. The van der Waals surface area contributed by atoms with Crippen LogP contribution in [0.2, 0.25) is 0 Å². The van der Waals surface area contributed by atoms with Crippen molar-refractivity contribution in [3.63, 3.8) is 0 Å². The van der Waals surface area contributed by atoms with Crippen LogP contribution in [0.15, 0.2) is 12.2 Å². The van der Waals surface area contributed by atoms with Gasteiger partial charge in [-0.2, -0.15) is 0 Å². The van der Waals surface area contributed by atoms with Gasteiger partial charge >= 0.3 is 0 Å². The van der Waals surface area contributed by atoms with Crippen molar-refractivity contribution in [2.45, 2.75) is 45.1 Å². The molecule has 2 nitrogen and oxygen atoms in total. The summed E-state index contributed by atoms with van der Waals surface area (Å²) in [6.45, 7) is 7.48. The van der Waals surface area contributed by atoms with Gasteiger partial charge in [-0.05, 0) is 57.7 Å². The van der Waals surface area contributed by atoms with Gasteiger partial charge in [-0.15, -0.1) is 0 Å². The van der Waals surface area contributed by atoms with Gasteiger partial charge < -0.3 is 10.2 Å². The molecule has 0 aromatic heterocycles. The summed E-state index contributed by atoms with van der Waals surface area (Å²) in [5.41, 5.74) is 0. The molecule has 1 fully saturated rings. The van der Waals surface area contributed by atoms with E-state index in [0.29, 0.717) is 6.04 Å². The summed E-state index contributed by atoms with van der Waals surface area (Å²) in [4.78, 5) is 2.61. The van der Waals surface area contributed by atoms with Crippen molar-refractivity contribution < 1.29 is 0 Å². The molecular weight excluding hydrogens is 196 g/mol. The van der Waals surface area contributed by atoms with E-state index in [0.717, 1.165) is 5.92 Å². The fourth-order valence-electron chi connectivity index (χ4n) is 2.81. The highest BCUT2D eigenvalue weighted by molar-refractivity contribution is 4.97. The second kappa shape index (κ2) is 6.41. The number of rotatable bonds is 5. The molecule has 0 aromatic rings. The highest BCUT2D eigenvalue weighted by Crippen LogP contribution is 2.12. The maximum Gasteiger partial charge on any atom is 0.0250 e. The molecule has 0 radical (unpaired) electrons. The van der Waals surface area contributed by atoms with Gasteiger partial charge in [-0.25, -0.2) is 0 Å². The molecule has 1 aliphatic heterocycles. The lowest BCUT2D eigenvalue weighted by Crippen LogP contribution is -2.36. The van der Waals surface area contributed by atoms with Crippen molar-refractivity contribution in [1.29, 1.82) is 0 Å². The quantitative estimate of drug-likeness (QED) is 0.719. The van der Waals surface area contributed by atoms with Crippen molar-refractivity contribution in [1.82, 2.24) is 10.2 Å². The number of nitrogens with one attached hydrogen (secondary N) is 1. The second-order valence-electron chi connectivity index (χ2n) is 5.49. The Hall–Kier alpha value is -0.340. The Morgan fingerprint density at radius 3 is 2.81 bits per heavy atom. The Labute approximate surface area is 100 Å². The minimum Gasteiger partial charge on any atom is -0.310 e. The van der Waals surface area contributed by atoms with E-state index in [1.54, 1.807) is 0 Å². The Kier molecular flexibility index (Phi) is 4.86. The molecule has 0 spiro atoms. The molecule has 2 atom stereocenters. The monoisotopic (exact) mass is 222 g/mol. The molecule has 1 N–H and O–H groups in total. The first-order valence-corrected chi connectivity index (χ1v) is 6.97. The van der Waals surface area contributed by atoms with E-state index in [1.807, 2.05) is 0 Å². The van der Waals surface area contributed by atoms with Crippen molar-refractivity contribution in [2.75, 3.05) is 26.2 Å². The van der Waals surface area contributed by atoms with Gasteiger partial charge in [-0.1, -0.05) is 19.1 Å². The maximum absolute atomic E-state index is 3.68. The Bertz CT molecular complexity index is 219. The number of likely N-dealkylation sites (tertiary alicyclic amines) is 1. The van der Waals surface area contributed by atoms with E-state index < -0.39 is 0 Å². The number of hydrogen-bond acceptors (Lipinski definition) is 2. The minimum absolute atomic E-state index is 0.648. The standard InChI is InChI=1S/C14H26N2/c1-13(12-16-9-5-6-10-16)11-15-14-7-3-2-4-8-14/h3,7,13-15H,2,4-6,8-12H2,1H3. The van der Waals surface area contributed by atoms with Crippen LogP contribution >= 0.6 is 0 Å². The van der Waals surface area contributed by atoms with Gasteiger partial charge in [0.15, 0.2) is 0 Å². The molecule has 0 bridgehead atoms. The number of nitrogens with zero attached hydrogens (tertiary/aromatic N) is 1. The average Bonchev–Trinajstić information content (AvgIpc) is 2.81. The molecule has 0 aromatic carbocycles. The molecule has 2 unspecified atom stereocenters. The van der Waals surface area contributed by atoms with E-state index in [4.69, 9.17) is 0 Å². The zero-order valence-corrected chi connectivity index (χ0v) is 10.6. The summed E-state index contributed by atoms with van der Waals surface area (Å²) >= 11 is 0. The molecule has 92 valence electrons. The zero-order valence-electron chi connectivity index (χ0n) is 10.6. The lowest BCUT2D eigenvalue weighted by atomic mass is 10.0. The van der Waals surface area contributed by atoms with Crippen molar-refractivity contribution in [3.05, 3.63) is 12.2 Å². The van der Waals surface area contributed by atoms with E-state index in [2.05, 4.69) is 29.3 Å². The smallest absolute Gasteiger partial charge is 0.0250 e. The van der Waals surface area contributed by atoms with Crippen LogP contribution in [0.1, 0.15) is 39.0 Å². The Balaban J connectivity index is 1.60. The second-order valence-corrected chi connectivity index (χ2v) is 5.49. The summed E-state index contributed by atoms with van der Waals surface area (Å²) in [5.74, 6) is 0.786. The van der Waals surface area contributed by atoms with Crippen LogP contribution in [0.5, 0.6) is 0 Å². The molecule has 0 amide bonds. The van der Waals surface area contributed by atoms with Gasteiger partial charge in [-0.3, -0.25) is 0 Å². The third-order valence-corrected chi connectivity index (χ3v) is 3.75. The van der Waals surface area contributed by atoms with E-state index in [9.17, 15) is 0 Å². The van der Waals surface area contributed by atoms with E-state index in [-0.39, 0.29) is 0 Å². The summed E-state index contributed by atoms with van der Waals surface area (Å²) < 4.78 is 0. The predicted octanol–water partition coefficient (Wildman–Crippen LogP) is 2.42. The summed E-state index contributed by atoms with van der Waals surface area (Å²) in [6.07, 6.45) is 11.5. The molecule has 2 heteroatoms. The summed E-state index contributed by atoms with van der Waals surface area (Å²) in [5, 5.41) is 3.68. The molecule has 16 heavy (non-hydrogen) atoms. The van der Waals surface area contributed by atoms with Gasteiger partial charge in [0.2, 0.25) is 0 Å². The van der Waals surface area contributed by atoms with Crippen LogP contribution in [0.3, 0.4) is 0 Å². The van der Waals surface area contributed by atoms with Crippen LogP contribution in [0, 0.1) is 5.92 Å². The maximum atomic E-state index is 3.68. The van der Waals surface area contributed by atoms with Crippen LogP contribution in [-0.2, 0) is 0 Å². The largest absolute Gasteiger partial charge is 0.310 e. The molecule has 0 saturated carbocycles. The van der Waals surface area contributed by atoms with Gasteiger partial charge in [0, 0.05) is 12.6 Å². The van der Waals surface area contributed by atoms with Crippen LogP contribution in [-0.4, -0.2) is 37.1 Å². The van der Waals surface area contributed by atoms with Crippen LogP contribution in [0.4, 0.5) is 0 Å². The van der Waals surface area contributed by atoms with E-state index in [1.165, 1.54) is 58.3 Å². The Morgan fingerprint density at radius 1 is 1.31 bits per heavy atom. The zero-order chi connectivity index (χ0) is 11.2. The highest BCUT2D eigenvalue weighted by atomic mass is 15.1. The predicted molar refractivity (Wildman–Crippen MR) is 69.6 cm³/mol. The highest BCUT2D eigenvalue weighted by Gasteiger charge is 2.15. The third kappa shape index (κ3) is 3.91. The lowest BCUT2D eigenvalue weighted by Gasteiger charge is -2.24. The third-order valence-electron chi connectivity index (χ3n) is 3.75. The first-order valence-electron chi connectivity index (χ1n) is 6.97. The van der Waals surface area contributed by atoms with Crippen molar-refractivity contribution in [3.8, 4) is 0 Å². The van der Waals surface area contributed by atoms with Gasteiger partial charge in [0.05, 0.1) is 0 Å². The number of allylic oxidation sites excluding steroid dienone is 1. The SMILES string of the molecule is CC(CNC1C=CCCC1)CN1CCCC1. The van der Waals surface area contributed by atoms with E-state index >= 15 is 0 Å². The van der Waals surface area contributed by atoms with Crippen molar-refractivity contribution in [2.24, 2.45) is 5.92 Å². The molecule has 2 rings (SSSR count). The lowest BCUT2D eigenvalue weighted by molar-refractivity contribution is 0.279. The fraction of sp³-hybridized carbons (Fsp3) is 0.857. The minimum atomic E-state index is 0.648. The fourth-order valence-corrected chi connectivity index (χ4v) is 2.81. The molecule has 1 saturated heterocycles. The molecular formula is C14H26N2. The van der Waals surface area contributed by atoms with Crippen molar-refractivity contribution >= 4 is 0 Å². The van der Waals surface area contributed by atoms with Crippen LogP contribution in [0.25, 0.3) is 0 Å². The summed E-state index contributed by atoms with van der Waals surface area (Å²) in [7, 11) is 0. The molecule has 1 aliphatic carbocycles. The Morgan fingerprint density at radius 2 is 2.12 bits per heavy atom. The first kappa shape index (κ1) is 12.1. The summed E-state index contributed by atoms with van der Waals surface area (Å²) in [6, 6.07) is 0.648. The normalized spacial score (nSPS) is 28.4.